The predicted octanol–water partition coefficient (Wildman–Crippen LogP) is 1.98. The van der Waals surface area contributed by atoms with Gasteiger partial charge in [-0.1, -0.05) is 10.2 Å². The molecule has 14 nitrogen and oxygen atoms in total. The Balaban J connectivity index is 0.000000181. The van der Waals surface area contributed by atoms with Crippen molar-refractivity contribution in [2.24, 2.45) is 22.1 Å². The van der Waals surface area contributed by atoms with E-state index < -0.39 is 35.3 Å². The Morgan fingerprint density at radius 2 is 1.16 bits per heavy atom. The van der Waals surface area contributed by atoms with E-state index >= 15 is 0 Å². The van der Waals surface area contributed by atoms with Crippen LogP contribution in [0.25, 0.3) is 20.9 Å². The lowest BCUT2D eigenvalue weighted by molar-refractivity contribution is -0.164. The second-order valence-electron chi connectivity index (χ2n) is 8.58. The van der Waals surface area contributed by atoms with Gasteiger partial charge in [0.15, 0.2) is 11.6 Å². The van der Waals surface area contributed by atoms with Gasteiger partial charge in [0, 0.05) is 22.9 Å². The molecule has 0 N–H and O–H groups in total. The van der Waals surface area contributed by atoms with Crippen LogP contribution in [-0.4, -0.2) is 74.2 Å². The van der Waals surface area contributed by atoms with Crippen LogP contribution in [0.3, 0.4) is 0 Å². The number of ether oxygens (including phenoxy) is 6. The highest BCUT2D eigenvalue weighted by atomic mass is 16.8. The number of cyclic esters (lactones) is 2. The van der Waals surface area contributed by atoms with Gasteiger partial charge in [0.25, 0.3) is 0 Å². The molecule has 0 aromatic carbocycles. The summed E-state index contributed by atoms with van der Waals surface area (Å²) in [5.74, 6) is -3.38. The molecule has 32 heavy (non-hydrogen) atoms. The summed E-state index contributed by atoms with van der Waals surface area (Å²) in [4.78, 5) is 28.3. The van der Waals surface area contributed by atoms with Crippen LogP contribution in [-0.2, 0) is 38.0 Å². The number of hydrogen-bond acceptors (Lipinski definition) is 10. The van der Waals surface area contributed by atoms with E-state index in [1.807, 2.05) is 0 Å². The highest BCUT2D eigenvalue weighted by Crippen LogP contribution is 2.36. The van der Waals surface area contributed by atoms with Gasteiger partial charge in [0.1, 0.15) is 37.6 Å². The van der Waals surface area contributed by atoms with Crippen molar-refractivity contribution in [2.45, 2.75) is 63.7 Å². The van der Waals surface area contributed by atoms with E-state index in [2.05, 4.69) is 20.1 Å². The number of fused-ring (bicyclic) bond motifs is 2. The monoisotopic (exact) mass is 454 g/mol. The van der Waals surface area contributed by atoms with Gasteiger partial charge in [-0.25, -0.2) is 0 Å². The Kier molecular flexibility index (Phi) is 7.13. The molecule has 176 valence electrons. The molecule has 4 fully saturated rings. The van der Waals surface area contributed by atoms with Gasteiger partial charge in [-0.05, 0) is 38.8 Å². The summed E-state index contributed by atoms with van der Waals surface area (Å²) in [6.07, 6.45) is -1.32. The number of nitrogens with zero attached hydrogens (tertiary/aromatic N) is 6. The van der Waals surface area contributed by atoms with Crippen molar-refractivity contribution in [1.29, 1.82) is 0 Å². The maximum Gasteiger partial charge on any atom is 0.311 e. The van der Waals surface area contributed by atoms with E-state index in [1.54, 1.807) is 27.7 Å². The predicted molar refractivity (Wildman–Crippen MR) is 105 cm³/mol. The third kappa shape index (κ3) is 5.41. The molecule has 4 aliphatic heterocycles. The van der Waals surface area contributed by atoms with Crippen LogP contribution in [0, 0.1) is 11.8 Å². The lowest BCUT2D eigenvalue weighted by Gasteiger charge is -2.28. The molecular weight excluding hydrogens is 428 g/mol. The fraction of sp³-hybridized carbons (Fsp3) is 0.889. The first-order valence-corrected chi connectivity index (χ1v) is 10.1. The molecule has 6 atom stereocenters. The second-order valence-corrected chi connectivity index (χ2v) is 8.58. The fourth-order valence-electron chi connectivity index (χ4n) is 4.08. The van der Waals surface area contributed by atoms with Gasteiger partial charge in [-0.3, -0.25) is 9.59 Å². The molecule has 4 aliphatic rings. The highest BCUT2D eigenvalue weighted by Gasteiger charge is 2.52. The Morgan fingerprint density at radius 1 is 0.781 bits per heavy atom. The molecule has 0 saturated carbocycles. The van der Waals surface area contributed by atoms with E-state index in [0.717, 1.165) is 0 Å². The largest absolute Gasteiger partial charge is 0.463 e. The zero-order valence-corrected chi connectivity index (χ0v) is 18.2. The van der Waals surface area contributed by atoms with E-state index in [9.17, 15) is 9.59 Å². The summed E-state index contributed by atoms with van der Waals surface area (Å²) in [5, 5.41) is 6.80. The zero-order chi connectivity index (χ0) is 23.5. The maximum absolute atomic E-state index is 11.5. The standard InChI is InChI=1S/2C9H13N3O4/c2*1-9(2)15-6-4-14-8(13)5(3-11-12-10)7(6)16-9/h2*5-7H,3-4H2,1-2H3/t2*5-,6-,7+/m11/s1. The van der Waals surface area contributed by atoms with Crippen molar-refractivity contribution in [1.82, 2.24) is 0 Å². The van der Waals surface area contributed by atoms with Crippen molar-refractivity contribution in [3.63, 3.8) is 0 Å². The fourth-order valence-corrected chi connectivity index (χ4v) is 4.08. The Bertz CT molecular complexity index is 769. The normalized spacial score (nSPS) is 36.1. The second kappa shape index (κ2) is 9.49. The van der Waals surface area contributed by atoms with Gasteiger partial charge < -0.3 is 28.4 Å². The Hall–Kier alpha value is -2.60. The summed E-state index contributed by atoms with van der Waals surface area (Å²) in [6, 6.07) is 0. The number of azide groups is 2. The number of carbonyl (C=O) groups is 2. The number of hydrogen-bond donors (Lipinski definition) is 0. The molecule has 0 spiro atoms. The van der Waals surface area contributed by atoms with Crippen LogP contribution in [0.2, 0.25) is 0 Å². The number of esters is 2. The summed E-state index contributed by atoms with van der Waals surface area (Å²) in [7, 11) is 0. The average Bonchev–Trinajstić information content (AvgIpc) is 3.20. The molecule has 0 aromatic heterocycles. The Morgan fingerprint density at radius 3 is 1.50 bits per heavy atom. The third-order valence-electron chi connectivity index (χ3n) is 5.30. The van der Waals surface area contributed by atoms with E-state index in [1.165, 1.54) is 0 Å². The van der Waals surface area contributed by atoms with Crippen LogP contribution >= 0.6 is 0 Å². The summed E-state index contributed by atoms with van der Waals surface area (Å²) in [6.45, 7) is 7.58. The van der Waals surface area contributed by atoms with Crippen molar-refractivity contribution in [3.8, 4) is 0 Å². The van der Waals surface area contributed by atoms with Crippen molar-refractivity contribution < 1.29 is 38.0 Å². The molecule has 4 saturated heterocycles. The number of rotatable bonds is 4. The molecule has 0 amide bonds. The van der Waals surface area contributed by atoms with Crippen molar-refractivity contribution >= 4 is 11.9 Å². The minimum atomic E-state index is -0.724. The maximum atomic E-state index is 11.5. The minimum Gasteiger partial charge on any atom is -0.463 e. The topological polar surface area (TPSA) is 187 Å². The molecule has 14 heteroatoms. The quantitative estimate of drug-likeness (QED) is 0.267. The molecule has 0 unspecified atom stereocenters. The summed E-state index contributed by atoms with van der Waals surface area (Å²) >= 11 is 0. The van der Waals surface area contributed by atoms with E-state index in [4.69, 9.17) is 39.5 Å². The molecule has 0 aromatic rings. The van der Waals surface area contributed by atoms with Crippen molar-refractivity contribution in [3.05, 3.63) is 20.9 Å². The summed E-state index contributed by atoms with van der Waals surface area (Å²) in [5.41, 5.74) is 16.5. The van der Waals surface area contributed by atoms with Gasteiger partial charge >= 0.3 is 11.9 Å². The van der Waals surface area contributed by atoms with E-state index in [0.29, 0.717) is 0 Å². The highest BCUT2D eigenvalue weighted by molar-refractivity contribution is 5.75. The molecule has 0 aliphatic carbocycles. The van der Waals surface area contributed by atoms with Crippen LogP contribution in [0.1, 0.15) is 27.7 Å². The van der Waals surface area contributed by atoms with Crippen molar-refractivity contribution in [2.75, 3.05) is 26.3 Å². The van der Waals surface area contributed by atoms with Crippen LogP contribution in [0.15, 0.2) is 10.2 Å². The summed E-state index contributed by atoms with van der Waals surface area (Å²) < 4.78 is 32.3. The zero-order valence-electron chi connectivity index (χ0n) is 18.2. The SMILES string of the molecule is CC1(C)O[C@@H]2[C@@H](COC(=O)[C@@H]2CN=[N+]=[N-])O1.CC1(C)O[C@@H]2[C@@H](COC(=O)[C@@H]2CN=[N+]=[N-])O1. The van der Waals surface area contributed by atoms with Gasteiger partial charge in [-0.15, -0.1) is 0 Å². The minimum absolute atomic E-state index is 0.0376. The first-order valence-electron chi connectivity index (χ1n) is 10.1. The van der Waals surface area contributed by atoms with E-state index in [-0.39, 0.29) is 50.7 Å². The molecule has 4 heterocycles. The Labute approximate surface area is 183 Å². The van der Waals surface area contributed by atoms with Crippen LogP contribution in [0.4, 0.5) is 0 Å². The number of carbonyl (C=O) groups excluding carboxylic acids is 2. The molecule has 4 rings (SSSR count). The molecular formula is C18H26N6O8. The lowest BCUT2D eigenvalue weighted by atomic mass is 9.96. The average molecular weight is 454 g/mol. The first kappa shape index (κ1) is 24.1. The third-order valence-corrected chi connectivity index (χ3v) is 5.30. The molecule has 0 bridgehead atoms. The smallest absolute Gasteiger partial charge is 0.311 e. The lowest BCUT2D eigenvalue weighted by Crippen LogP contribution is -2.46. The van der Waals surface area contributed by atoms with Gasteiger partial charge in [0.2, 0.25) is 0 Å². The molecule has 0 radical (unpaired) electrons. The van der Waals surface area contributed by atoms with Gasteiger partial charge in [0.05, 0.1) is 11.8 Å². The van der Waals surface area contributed by atoms with Gasteiger partial charge in [-0.2, -0.15) is 0 Å². The first-order chi connectivity index (χ1) is 15.1. The van der Waals surface area contributed by atoms with Crippen LogP contribution < -0.4 is 0 Å². The van der Waals surface area contributed by atoms with Crippen LogP contribution in [0.5, 0.6) is 0 Å².